The lowest BCUT2D eigenvalue weighted by Crippen LogP contribution is -1.87. The topological polar surface area (TPSA) is 0 Å². The molecule has 15 heavy (non-hydrogen) atoms. The summed E-state index contributed by atoms with van der Waals surface area (Å²) in [5, 5.41) is 0. The molecule has 0 saturated carbocycles. The fourth-order valence-corrected chi connectivity index (χ4v) is 1.59. The van der Waals surface area contributed by atoms with E-state index in [9.17, 15) is 0 Å². The van der Waals surface area contributed by atoms with Crippen molar-refractivity contribution in [2.24, 2.45) is 5.92 Å². The molecule has 0 heterocycles. The van der Waals surface area contributed by atoms with Crippen molar-refractivity contribution in [3.8, 4) is 0 Å². The van der Waals surface area contributed by atoms with E-state index in [2.05, 4.69) is 40.3 Å². The second kappa shape index (κ2) is 8.76. The van der Waals surface area contributed by atoms with Crippen molar-refractivity contribution in [3.63, 3.8) is 0 Å². The van der Waals surface area contributed by atoms with Gasteiger partial charge in [-0.2, -0.15) is 0 Å². The summed E-state index contributed by atoms with van der Waals surface area (Å²) in [5.41, 5.74) is 2.93. The van der Waals surface area contributed by atoms with Crippen LogP contribution >= 0.6 is 0 Å². The first-order valence-electron chi connectivity index (χ1n) is 6.38. The molecule has 0 unspecified atom stereocenters. The maximum absolute atomic E-state index is 4.03. The lowest BCUT2D eigenvalue weighted by Gasteiger charge is -2.05. The fraction of sp³-hybridized carbons (Fsp3) is 0.733. The van der Waals surface area contributed by atoms with Crippen LogP contribution in [0.1, 0.15) is 66.2 Å². The Morgan fingerprint density at radius 3 is 2.47 bits per heavy atom. The molecule has 0 saturated heterocycles. The van der Waals surface area contributed by atoms with Gasteiger partial charge in [0.1, 0.15) is 0 Å². The summed E-state index contributed by atoms with van der Waals surface area (Å²) in [4.78, 5) is 0. The van der Waals surface area contributed by atoms with Gasteiger partial charge in [0.2, 0.25) is 0 Å². The fourth-order valence-electron chi connectivity index (χ4n) is 1.59. The Morgan fingerprint density at radius 1 is 1.27 bits per heavy atom. The van der Waals surface area contributed by atoms with Crippen LogP contribution in [0.25, 0.3) is 0 Å². The Morgan fingerprint density at radius 2 is 1.93 bits per heavy atom. The lowest BCUT2D eigenvalue weighted by molar-refractivity contribution is 0.554. The van der Waals surface area contributed by atoms with E-state index in [1.54, 1.807) is 5.57 Å². The van der Waals surface area contributed by atoms with E-state index in [1.165, 1.54) is 31.3 Å². The van der Waals surface area contributed by atoms with Crippen LogP contribution in [-0.4, -0.2) is 0 Å². The Kier molecular flexibility index (Phi) is 8.46. The highest BCUT2D eigenvalue weighted by Crippen LogP contribution is 2.14. The molecule has 0 aliphatic carbocycles. The first-order valence-corrected chi connectivity index (χ1v) is 6.38. The van der Waals surface area contributed by atoms with Crippen LogP contribution in [0.15, 0.2) is 23.8 Å². The van der Waals surface area contributed by atoms with E-state index in [1.807, 2.05) is 0 Å². The molecule has 0 nitrogen and oxygen atoms in total. The molecule has 0 aliphatic heterocycles. The SMILES string of the molecule is C=C(CC)CCC=C(C)CCCC(C)C. The van der Waals surface area contributed by atoms with E-state index in [0.717, 1.165) is 18.8 Å². The summed E-state index contributed by atoms with van der Waals surface area (Å²) in [7, 11) is 0. The first-order chi connectivity index (χ1) is 7.06. The molecular weight excluding hydrogens is 180 g/mol. The minimum absolute atomic E-state index is 0.845. The van der Waals surface area contributed by atoms with Gasteiger partial charge in [-0.25, -0.2) is 0 Å². The molecule has 0 spiro atoms. The highest BCUT2D eigenvalue weighted by molar-refractivity contribution is 5.01. The van der Waals surface area contributed by atoms with E-state index in [4.69, 9.17) is 0 Å². The molecule has 0 aromatic rings. The van der Waals surface area contributed by atoms with Crippen molar-refractivity contribution in [2.45, 2.75) is 66.2 Å². The third kappa shape index (κ3) is 9.78. The van der Waals surface area contributed by atoms with Gasteiger partial charge < -0.3 is 0 Å². The molecule has 0 fully saturated rings. The second-order valence-electron chi connectivity index (χ2n) is 4.98. The van der Waals surface area contributed by atoms with E-state index in [-0.39, 0.29) is 0 Å². The molecule has 88 valence electrons. The average Bonchev–Trinajstić information content (AvgIpc) is 2.17. The molecule has 0 atom stereocenters. The third-order valence-electron chi connectivity index (χ3n) is 2.84. The molecule has 0 rings (SSSR count). The first kappa shape index (κ1) is 14.5. The van der Waals surface area contributed by atoms with Gasteiger partial charge in [0.15, 0.2) is 0 Å². The standard InChI is InChI=1S/C15H28/c1-6-14(4)10-8-12-15(5)11-7-9-13(2)3/h12-13H,4,6-11H2,1-3,5H3. The Labute approximate surface area is 96.5 Å². The number of rotatable bonds is 8. The van der Waals surface area contributed by atoms with E-state index in [0.29, 0.717) is 0 Å². The summed E-state index contributed by atoms with van der Waals surface area (Å²) < 4.78 is 0. The van der Waals surface area contributed by atoms with Crippen molar-refractivity contribution in [1.82, 2.24) is 0 Å². The third-order valence-corrected chi connectivity index (χ3v) is 2.84. The van der Waals surface area contributed by atoms with E-state index < -0.39 is 0 Å². The van der Waals surface area contributed by atoms with Gasteiger partial charge in [-0.1, -0.05) is 51.0 Å². The van der Waals surface area contributed by atoms with Gasteiger partial charge in [-0.05, 0) is 44.9 Å². The van der Waals surface area contributed by atoms with Crippen LogP contribution in [0.5, 0.6) is 0 Å². The lowest BCUT2D eigenvalue weighted by atomic mass is 10.0. The van der Waals surface area contributed by atoms with Gasteiger partial charge in [0.25, 0.3) is 0 Å². The van der Waals surface area contributed by atoms with Crippen molar-refractivity contribution < 1.29 is 0 Å². The smallest absolute Gasteiger partial charge is 0.0288 e. The Balaban J connectivity index is 3.56. The number of hydrogen-bond donors (Lipinski definition) is 0. The summed E-state index contributed by atoms with van der Waals surface area (Å²) in [5.74, 6) is 0.845. The van der Waals surface area contributed by atoms with Crippen molar-refractivity contribution in [3.05, 3.63) is 23.8 Å². The second-order valence-corrected chi connectivity index (χ2v) is 4.98. The quantitative estimate of drug-likeness (QED) is 0.462. The van der Waals surface area contributed by atoms with Gasteiger partial charge in [0, 0.05) is 0 Å². The van der Waals surface area contributed by atoms with Crippen LogP contribution in [0.4, 0.5) is 0 Å². The molecule has 0 aromatic carbocycles. The Bertz CT molecular complexity index is 196. The zero-order valence-electron chi connectivity index (χ0n) is 11.1. The minimum Gasteiger partial charge on any atom is -0.0999 e. The van der Waals surface area contributed by atoms with Gasteiger partial charge in [-0.15, -0.1) is 0 Å². The Hall–Kier alpha value is -0.520. The molecule has 0 heteroatoms. The van der Waals surface area contributed by atoms with Gasteiger partial charge in [0.05, 0.1) is 0 Å². The maximum atomic E-state index is 4.03. The summed E-state index contributed by atoms with van der Waals surface area (Å²) in [6, 6.07) is 0. The minimum atomic E-state index is 0.845. The molecular formula is C15H28. The summed E-state index contributed by atoms with van der Waals surface area (Å²) in [6.45, 7) is 13.1. The van der Waals surface area contributed by atoms with Crippen molar-refractivity contribution in [1.29, 1.82) is 0 Å². The van der Waals surface area contributed by atoms with Crippen LogP contribution < -0.4 is 0 Å². The van der Waals surface area contributed by atoms with Crippen LogP contribution in [0.3, 0.4) is 0 Å². The molecule has 0 N–H and O–H groups in total. The highest BCUT2D eigenvalue weighted by Gasteiger charge is 1.95. The number of hydrogen-bond acceptors (Lipinski definition) is 0. The normalized spacial score (nSPS) is 12.2. The van der Waals surface area contributed by atoms with Crippen molar-refractivity contribution >= 4 is 0 Å². The van der Waals surface area contributed by atoms with Crippen LogP contribution in [0.2, 0.25) is 0 Å². The van der Waals surface area contributed by atoms with Gasteiger partial charge in [-0.3, -0.25) is 0 Å². The predicted molar refractivity (Wildman–Crippen MR) is 71.1 cm³/mol. The van der Waals surface area contributed by atoms with E-state index >= 15 is 0 Å². The predicted octanol–water partition coefficient (Wildman–Crippen LogP) is 5.51. The molecule has 0 radical (unpaired) electrons. The number of allylic oxidation sites excluding steroid dienone is 3. The largest absolute Gasteiger partial charge is 0.0999 e. The molecule has 0 amide bonds. The van der Waals surface area contributed by atoms with Crippen LogP contribution in [0, 0.1) is 5.92 Å². The molecule has 0 aromatic heterocycles. The average molecular weight is 208 g/mol. The van der Waals surface area contributed by atoms with Gasteiger partial charge >= 0.3 is 0 Å². The molecule has 0 bridgehead atoms. The van der Waals surface area contributed by atoms with Crippen molar-refractivity contribution in [2.75, 3.05) is 0 Å². The maximum Gasteiger partial charge on any atom is -0.0288 e. The van der Waals surface area contributed by atoms with Crippen LogP contribution in [-0.2, 0) is 0 Å². The highest BCUT2D eigenvalue weighted by atomic mass is 14.0. The molecule has 0 aliphatic rings. The summed E-state index contributed by atoms with van der Waals surface area (Å²) >= 11 is 0. The summed E-state index contributed by atoms with van der Waals surface area (Å²) in [6.07, 6.45) is 9.83. The zero-order chi connectivity index (χ0) is 11.7. The monoisotopic (exact) mass is 208 g/mol. The zero-order valence-corrected chi connectivity index (χ0v) is 11.1.